The fourth-order valence-electron chi connectivity index (χ4n) is 8.83. The monoisotopic (exact) mass is 1150 g/mol. The summed E-state index contributed by atoms with van der Waals surface area (Å²) < 4.78 is 30.7. The van der Waals surface area contributed by atoms with E-state index in [0.717, 1.165) is 141 Å². The number of rotatable bonds is 58. The van der Waals surface area contributed by atoms with Crippen molar-refractivity contribution in [2.24, 2.45) is 0 Å². The smallest absolute Gasteiger partial charge is 0.456 e. The first-order chi connectivity index (χ1) is 39.4. The number of allylic oxidation sites excluding steroid dienone is 19. The van der Waals surface area contributed by atoms with Gasteiger partial charge in [0.25, 0.3) is 0 Å². The second-order valence-electron chi connectivity index (χ2n) is 22.9. The number of hydrogen-bond acceptors (Lipinski definition) is 6. The molecule has 0 saturated heterocycles. The van der Waals surface area contributed by atoms with Crippen molar-refractivity contribution in [2.75, 3.05) is 40.9 Å². The number of nitrogens with one attached hydrogen (secondary N) is 1. The van der Waals surface area contributed by atoms with Crippen LogP contribution < -0.4 is 5.32 Å². The molecule has 0 aliphatic rings. The Labute approximate surface area is 499 Å². The average molecular weight is 1150 g/mol. The van der Waals surface area contributed by atoms with Crippen LogP contribution >= 0.6 is 7.82 Å². The third-order valence-electron chi connectivity index (χ3n) is 13.9. The Kier molecular flexibility index (Phi) is 56.9. The number of carbonyl (C=O) groups excluding carboxylic acids is 2. The first kappa shape index (κ1) is 77.4. The van der Waals surface area contributed by atoms with Crippen LogP contribution in [0.1, 0.15) is 265 Å². The second-order valence-corrected chi connectivity index (χ2v) is 24.4. The van der Waals surface area contributed by atoms with Gasteiger partial charge in [-0.05, 0) is 122 Å². The van der Waals surface area contributed by atoms with Crippen LogP contribution in [-0.4, -0.2) is 74.3 Å². The first-order valence-corrected chi connectivity index (χ1v) is 34.4. The number of phosphoric acid groups is 1. The zero-order valence-corrected chi connectivity index (χ0v) is 53.9. The van der Waals surface area contributed by atoms with Crippen molar-refractivity contribution in [3.63, 3.8) is 0 Å². The lowest BCUT2D eigenvalue weighted by Gasteiger charge is -2.27. The van der Waals surface area contributed by atoms with Gasteiger partial charge in [-0.2, -0.15) is 0 Å². The Bertz CT molecular complexity index is 1800. The highest BCUT2D eigenvalue weighted by Gasteiger charge is 2.30. The van der Waals surface area contributed by atoms with E-state index in [1.54, 1.807) is 0 Å². The van der Waals surface area contributed by atoms with Crippen molar-refractivity contribution >= 4 is 19.7 Å². The van der Waals surface area contributed by atoms with Crippen molar-refractivity contribution in [1.29, 1.82) is 0 Å². The fourth-order valence-corrected chi connectivity index (χ4v) is 9.57. The minimum Gasteiger partial charge on any atom is -0.456 e. The number of unbranched alkanes of at least 4 members (excludes halogenated alkanes) is 24. The molecule has 0 aliphatic carbocycles. The van der Waals surface area contributed by atoms with Gasteiger partial charge in [-0.1, -0.05) is 252 Å². The maximum Gasteiger partial charge on any atom is 0.472 e. The SMILES string of the molecule is CC/C=C\C/C=C\C/C=C\C/C=C\C/C=C\CCCCCCCC(=O)NC(COP(=O)(O)OCC[N+](C)(C)C)C(/C=C/CCCCCCCCCCC)OC(=O)CCCCCCCCC/C=C\C/C=C\C/C=C\C/C=C\CCCCC. The number of phosphoric ester groups is 1. The molecule has 2 N–H and O–H groups in total. The van der Waals surface area contributed by atoms with Gasteiger partial charge >= 0.3 is 13.8 Å². The Balaban J connectivity index is 5.22. The van der Waals surface area contributed by atoms with Crippen LogP contribution in [0.25, 0.3) is 0 Å². The summed E-state index contributed by atoms with van der Waals surface area (Å²) in [6.45, 7) is 6.83. The Morgan fingerprint density at radius 1 is 0.444 bits per heavy atom. The lowest BCUT2D eigenvalue weighted by atomic mass is 10.1. The predicted octanol–water partition coefficient (Wildman–Crippen LogP) is 20.7. The molecule has 0 aromatic carbocycles. The van der Waals surface area contributed by atoms with Gasteiger partial charge in [0.1, 0.15) is 19.3 Å². The normalized spacial score (nSPS) is 14.4. The van der Waals surface area contributed by atoms with E-state index in [-0.39, 0.29) is 31.5 Å². The fraction of sp³-hybridized carbons (Fsp3) is 0.690. The molecule has 0 rings (SSSR count). The Morgan fingerprint density at radius 2 is 0.790 bits per heavy atom. The Morgan fingerprint density at radius 3 is 1.21 bits per heavy atom. The van der Waals surface area contributed by atoms with Crippen molar-refractivity contribution in [2.45, 2.75) is 277 Å². The summed E-state index contributed by atoms with van der Waals surface area (Å²) in [5.74, 6) is -0.546. The van der Waals surface area contributed by atoms with Crippen molar-refractivity contribution in [1.82, 2.24) is 5.32 Å². The molecule has 1 amide bonds. The molecule has 0 saturated carbocycles. The van der Waals surface area contributed by atoms with Crippen LogP contribution in [-0.2, 0) is 27.9 Å². The molecule has 0 fully saturated rings. The van der Waals surface area contributed by atoms with E-state index >= 15 is 0 Å². The minimum absolute atomic E-state index is 0.0276. The van der Waals surface area contributed by atoms with Gasteiger partial charge < -0.3 is 19.4 Å². The van der Waals surface area contributed by atoms with Crippen LogP contribution in [0.4, 0.5) is 0 Å². The maximum absolute atomic E-state index is 13.6. The number of carbonyl (C=O) groups is 2. The molecule has 9 nitrogen and oxygen atoms in total. The van der Waals surface area contributed by atoms with Gasteiger partial charge in [-0.3, -0.25) is 18.6 Å². The number of amides is 1. The molecule has 10 heteroatoms. The molecule has 0 aliphatic heterocycles. The quantitative estimate of drug-likeness (QED) is 0.0205. The van der Waals surface area contributed by atoms with E-state index in [4.69, 9.17) is 13.8 Å². The molecule has 0 spiro atoms. The Hall–Kier alpha value is -3.59. The van der Waals surface area contributed by atoms with E-state index in [2.05, 4.69) is 135 Å². The van der Waals surface area contributed by atoms with E-state index < -0.39 is 20.0 Å². The summed E-state index contributed by atoms with van der Waals surface area (Å²) in [4.78, 5) is 37.8. The second kappa shape index (κ2) is 59.6. The van der Waals surface area contributed by atoms with Crippen molar-refractivity contribution in [3.8, 4) is 0 Å². The number of ether oxygens (including phenoxy) is 1. The van der Waals surface area contributed by atoms with Crippen LogP contribution in [0.3, 0.4) is 0 Å². The van der Waals surface area contributed by atoms with Gasteiger partial charge in [0.15, 0.2) is 0 Å². The van der Waals surface area contributed by atoms with E-state index in [1.807, 2.05) is 33.3 Å². The van der Waals surface area contributed by atoms with Crippen LogP contribution in [0.15, 0.2) is 122 Å². The maximum atomic E-state index is 13.6. The van der Waals surface area contributed by atoms with Gasteiger partial charge in [0, 0.05) is 12.8 Å². The molecule has 3 unspecified atom stereocenters. The minimum atomic E-state index is -4.47. The van der Waals surface area contributed by atoms with Crippen LogP contribution in [0, 0.1) is 0 Å². The highest BCUT2D eigenvalue weighted by molar-refractivity contribution is 7.47. The molecule has 0 heterocycles. The summed E-state index contributed by atoms with van der Waals surface area (Å²) in [7, 11) is 1.46. The molecular weight excluding hydrogens is 1020 g/mol. The first-order valence-electron chi connectivity index (χ1n) is 32.9. The van der Waals surface area contributed by atoms with Gasteiger partial charge in [0.2, 0.25) is 5.91 Å². The third-order valence-corrected chi connectivity index (χ3v) is 14.9. The lowest BCUT2D eigenvalue weighted by molar-refractivity contribution is -0.870. The highest BCUT2D eigenvalue weighted by atomic mass is 31.2. The zero-order chi connectivity index (χ0) is 59.3. The summed E-state index contributed by atoms with van der Waals surface area (Å²) in [6, 6.07) is -0.872. The molecular formula is C71H124N2O7P+. The van der Waals surface area contributed by atoms with E-state index in [1.165, 1.54) is 89.9 Å². The van der Waals surface area contributed by atoms with E-state index in [9.17, 15) is 19.0 Å². The molecule has 464 valence electrons. The molecule has 3 atom stereocenters. The van der Waals surface area contributed by atoms with Crippen molar-refractivity contribution < 1.29 is 37.3 Å². The van der Waals surface area contributed by atoms with Gasteiger partial charge in [-0.15, -0.1) is 0 Å². The largest absolute Gasteiger partial charge is 0.472 e. The average Bonchev–Trinajstić information content (AvgIpc) is 3.44. The van der Waals surface area contributed by atoms with Gasteiger partial charge in [0.05, 0.1) is 33.8 Å². The number of esters is 1. The van der Waals surface area contributed by atoms with Gasteiger partial charge in [-0.25, -0.2) is 4.57 Å². The van der Waals surface area contributed by atoms with Crippen molar-refractivity contribution in [3.05, 3.63) is 122 Å². The summed E-state index contributed by atoms with van der Waals surface area (Å²) in [5, 5.41) is 3.04. The molecule has 81 heavy (non-hydrogen) atoms. The molecule has 0 bridgehead atoms. The van der Waals surface area contributed by atoms with E-state index in [0.29, 0.717) is 17.4 Å². The highest BCUT2D eigenvalue weighted by Crippen LogP contribution is 2.43. The topological polar surface area (TPSA) is 111 Å². The lowest BCUT2D eigenvalue weighted by Crippen LogP contribution is -2.47. The molecule has 0 radical (unpaired) electrons. The summed E-state index contributed by atoms with van der Waals surface area (Å²) in [5.41, 5.74) is 0. The van der Waals surface area contributed by atoms with Crippen LogP contribution in [0.5, 0.6) is 0 Å². The standard InChI is InChI=1S/C71H123N2O7P/c1-7-10-13-16-19-22-25-27-29-31-33-35-36-38-40-42-44-46-49-52-55-58-61-64-71(75)80-69(62-59-56-53-50-47-24-21-18-15-12-9-3)68(67-79-81(76,77)78-66-65-73(4,5)6)72-70(74)63-60-57-54-51-48-45-43-41-39-37-34-32-30-28-26-23-20-17-14-11-8-2/h11,14,19-20,22-23,27-30,33-35,37-38,40-41,43,59,62,68-69H,7-10,12-13,15-18,21,24-26,31-32,36,39,42,44-58,60-61,63-67H2,1-6H3,(H-,72,74,76,77)/p+1/b14-11-,22-19-,23-20-,29-27-,30-28-,35-33-,37-34-,40-38-,43-41-,62-59+. The third kappa shape index (κ3) is 60.8. The summed E-state index contributed by atoms with van der Waals surface area (Å²) in [6.07, 6.45) is 83.4. The van der Waals surface area contributed by atoms with Crippen LogP contribution in [0.2, 0.25) is 0 Å². The molecule has 0 aromatic rings. The number of likely N-dealkylation sites (N-methyl/N-ethyl adjacent to an activating group) is 1. The number of quaternary nitrogens is 1. The number of nitrogens with zero attached hydrogens (tertiary/aromatic N) is 1. The predicted molar refractivity (Wildman–Crippen MR) is 350 cm³/mol. The zero-order valence-electron chi connectivity index (χ0n) is 53.0. The summed E-state index contributed by atoms with van der Waals surface area (Å²) >= 11 is 0. The molecule has 0 aromatic heterocycles. The number of hydrogen-bond donors (Lipinski definition) is 2.